The molecule has 2 rings (SSSR count). The first-order chi connectivity index (χ1) is 9.97. The number of aliphatic hydroxyl groups excluding tert-OH is 1. The smallest absolute Gasteiger partial charge is 0.227 e. The number of amides is 1. The Hall–Kier alpha value is -1.06. The van der Waals surface area contributed by atoms with Crippen molar-refractivity contribution in [3.05, 3.63) is 34.9 Å². The van der Waals surface area contributed by atoms with Crippen LogP contribution in [0.25, 0.3) is 0 Å². The molecule has 0 saturated heterocycles. The van der Waals surface area contributed by atoms with Gasteiger partial charge in [-0.2, -0.15) is 0 Å². The minimum absolute atomic E-state index is 0.0662. The summed E-state index contributed by atoms with van der Waals surface area (Å²) >= 11 is 5.92. The van der Waals surface area contributed by atoms with Crippen LogP contribution in [0, 0.1) is 11.3 Å². The molecule has 0 heterocycles. The molecule has 0 radical (unpaired) electrons. The van der Waals surface area contributed by atoms with Crippen molar-refractivity contribution in [2.45, 2.75) is 39.0 Å². The number of rotatable bonds is 7. The van der Waals surface area contributed by atoms with Crippen LogP contribution < -0.4 is 5.32 Å². The second kappa shape index (κ2) is 6.80. The van der Waals surface area contributed by atoms with Crippen molar-refractivity contribution in [2.75, 3.05) is 13.2 Å². The van der Waals surface area contributed by atoms with E-state index < -0.39 is 0 Å². The minimum Gasteiger partial charge on any atom is -0.396 e. The molecule has 1 atom stereocenters. The lowest BCUT2D eigenvalue weighted by molar-refractivity contribution is -0.123. The summed E-state index contributed by atoms with van der Waals surface area (Å²) in [4.78, 5) is 12.5. The Labute approximate surface area is 131 Å². The first kappa shape index (κ1) is 16.3. The van der Waals surface area contributed by atoms with E-state index in [1.807, 2.05) is 24.3 Å². The van der Waals surface area contributed by atoms with Gasteiger partial charge in [0.15, 0.2) is 0 Å². The number of carbonyl (C=O) groups is 1. The summed E-state index contributed by atoms with van der Waals surface area (Å²) < 4.78 is 0. The summed E-state index contributed by atoms with van der Waals surface area (Å²) in [5.41, 5.74) is 1.14. The monoisotopic (exact) mass is 309 g/mol. The van der Waals surface area contributed by atoms with Gasteiger partial charge >= 0.3 is 0 Å². The Bertz CT molecular complexity index is 480. The van der Waals surface area contributed by atoms with Crippen LogP contribution in [0.5, 0.6) is 0 Å². The summed E-state index contributed by atoms with van der Waals surface area (Å²) in [6.45, 7) is 4.98. The minimum atomic E-state index is -0.160. The first-order valence-electron chi connectivity index (χ1n) is 7.61. The molecule has 0 bridgehead atoms. The molecule has 21 heavy (non-hydrogen) atoms. The molecule has 0 aromatic heterocycles. The predicted octanol–water partition coefficient (Wildman–Crippen LogP) is 3.36. The summed E-state index contributed by atoms with van der Waals surface area (Å²) in [6, 6.07) is 7.50. The zero-order valence-electron chi connectivity index (χ0n) is 12.7. The fourth-order valence-electron chi connectivity index (χ4n) is 2.82. The van der Waals surface area contributed by atoms with Gasteiger partial charge in [-0.15, -0.1) is 0 Å². The zero-order chi connectivity index (χ0) is 15.5. The summed E-state index contributed by atoms with van der Waals surface area (Å²) in [5.74, 6) is 0.128. The molecule has 3 nitrogen and oxygen atoms in total. The number of nitrogens with one attached hydrogen (secondary N) is 1. The van der Waals surface area contributed by atoms with Crippen LogP contribution in [0.15, 0.2) is 24.3 Å². The third kappa shape index (κ3) is 4.21. The Morgan fingerprint density at radius 2 is 1.95 bits per heavy atom. The predicted molar refractivity (Wildman–Crippen MR) is 85.4 cm³/mol. The number of benzene rings is 1. The van der Waals surface area contributed by atoms with Gasteiger partial charge in [0.05, 0.1) is 5.92 Å². The van der Waals surface area contributed by atoms with Gasteiger partial charge in [0.2, 0.25) is 5.91 Å². The average Bonchev–Trinajstić information content (AvgIpc) is 3.19. The van der Waals surface area contributed by atoms with E-state index in [2.05, 4.69) is 19.2 Å². The quantitative estimate of drug-likeness (QED) is 0.811. The topological polar surface area (TPSA) is 49.3 Å². The van der Waals surface area contributed by atoms with E-state index in [0.717, 1.165) is 24.8 Å². The van der Waals surface area contributed by atoms with Crippen molar-refractivity contribution in [3.8, 4) is 0 Å². The highest BCUT2D eigenvalue weighted by Gasteiger charge is 2.42. The molecule has 1 fully saturated rings. The van der Waals surface area contributed by atoms with Gasteiger partial charge < -0.3 is 10.4 Å². The zero-order valence-corrected chi connectivity index (χ0v) is 13.5. The Kier molecular flexibility index (Phi) is 5.28. The van der Waals surface area contributed by atoms with Crippen molar-refractivity contribution in [1.82, 2.24) is 5.32 Å². The van der Waals surface area contributed by atoms with Gasteiger partial charge in [0.1, 0.15) is 0 Å². The lowest BCUT2D eigenvalue weighted by atomic mass is 9.87. The SMILES string of the molecule is CC(C)C(C(=O)NCC1(CCO)CC1)c1ccc(Cl)cc1. The van der Waals surface area contributed by atoms with Crippen molar-refractivity contribution in [1.29, 1.82) is 0 Å². The Morgan fingerprint density at radius 1 is 1.33 bits per heavy atom. The molecule has 116 valence electrons. The molecular formula is C17H24ClNO2. The van der Waals surface area contributed by atoms with Gasteiger partial charge in [-0.25, -0.2) is 0 Å². The first-order valence-corrected chi connectivity index (χ1v) is 7.99. The largest absolute Gasteiger partial charge is 0.396 e. The third-order valence-electron chi connectivity index (χ3n) is 4.42. The third-order valence-corrected chi connectivity index (χ3v) is 4.67. The van der Waals surface area contributed by atoms with Gasteiger partial charge in [-0.3, -0.25) is 4.79 Å². The number of halogens is 1. The van der Waals surface area contributed by atoms with Crippen LogP contribution in [0.2, 0.25) is 5.02 Å². The van der Waals surface area contributed by atoms with Crippen LogP contribution in [-0.2, 0) is 4.79 Å². The maximum Gasteiger partial charge on any atom is 0.227 e. The number of hydrogen-bond acceptors (Lipinski definition) is 2. The van der Waals surface area contributed by atoms with Crippen molar-refractivity contribution in [3.63, 3.8) is 0 Å². The van der Waals surface area contributed by atoms with Crippen LogP contribution in [-0.4, -0.2) is 24.2 Å². The maximum absolute atomic E-state index is 12.5. The molecule has 1 aromatic rings. The molecule has 1 amide bonds. The van der Waals surface area contributed by atoms with E-state index in [9.17, 15) is 4.79 Å². The van der Waals surface area contributed by atoms with E-state index in [4.69, 9.17) is 16.7 Å². The number of hydrogen-bond donors (Lipinski definition) is 2. The van der Waals surface area contributed by atoms with E-state index in [1.54, 1.807) is 0 Å². The van der Waals surface area contributed by atoms with Crippen molar-refractivity contribution in [2.24, 2.45) is 11.3 Å². The number of aliphatic hydroxyl groups is 1. The van der Waals surface area contributed by atoms with E-state index in [1.165, 1.54) is 0 Å². The van der Waals surface area contributed by atoms with E-state index in [-0.39, 0.29) is 29.8 Å². The molecule has 0 aliphatic heterocycles. The fraction of sp³-hybridized carbons (Fsp3) is 0.588. The van der Waals surface area contributed by atoms with Crippen LogP contribution in [0.4, 0.5) is 0 Å². The average molecular weight is 310 g/mol. The second-order valence-corrected chi connectivity index (χ2v) is 6.90. The molecule has 1 aromatic carbocycles. The van der Waals surface area contributed by atoms with Crippen molar-refractivity contribution < 1.29 is 9.90 Å². The molecule has 2 N–H and O–H groups in total. The molecule has 1 saturated carbocycles. The standard InChI is InChI=1S/C17H24ClNO2/c1-12(2)15(13-3-5-14(18)6-4-13)16(21)19-11-17(7-8-17)9-10-20/h3-6,12,15,20H,7-11H2,1-2H3,(H,19,21). The molecular weight excluding hydrogens is 286 g/mol. The molecule has 1 unspecified atom stereocenters. The van der Waals surface area contributed by atoms with Crippen molar-refractivity contribution >= 4 is 17.5 Å². The van der Waals surface area contributed by atoms with E-state index in [0.29, 0.717) is 11.6 Å². The summed E-state index contributed by atoms with van der Waals surface area (Å²) in [6.07, 6.45) is 2.98. The molecule has 4 heteroatoms. The van der Waals surface area contributed by atoms with Gasteiger partial charge in [0, 0.05) is 18.2 Å². The van der Waals surface area contributed by atoms with Gasteiger partial charge in [0.25, 0.3) is 0 Å². The fourth-order valence-corrected chi connectivity index (χ4v) is 2.95. The van der Waals surface area contributed by atoms with E-state index >= 15 is 0 Å². The highest BCUT2D eigenvalue weighted by molar-refractivity contribution is 6.30. The van der Waals surface area contributed by atoms with Crippen LogP contribution in [0.1, 0.15) is 44.6 Å². The molecule has 1 aliphatic rings. The normalized spacial score (nSPS) is 17.6. The van der Waals surface area contributed by atoms with Crippen LogP contribution in [0.3, 0.4) is 0 Å². The second-order valence-electron chi connectivity index (χ2n) is 6.46. The lowest BCUT2D eigenvalue weighted by Gasteiger charge is -2.23. The Morgan fingerprint density at radius 3 is 2.43 bits per heavy atom. The molecule has 1 aliphatic carbocycles. The van der Waals surface area contributed by atoms with Gasteiger partial charge in [-0.1, -0.05) is 37.6 Å². The summed E-state index contributed by atoms with van der Waals surface area (Å²) in [7, 11) is 0. The maximum atomic E-state index is 12.5. The lowest BCUT2D eigenvalue weighted by Crippen LogP contribution is -2.36. The highest BCUT2D eigenvalue weighted by atomic mass is 35.5. The Balaban J connectivity index is 2.01. The van der Waals surface area contributed by atoms with Gasteiger partial charge in [-0.05, 0) is 48.3 Å². The summed E-state index contributed by atoms with van der Waals surface area (Å²) in [5, 5.41) is 12.8. The van der Waals surface area contributed by atoms with Crippen LogP contribution >= 0.6 is 11.6 Å². The number of carbonyl (C=O) groups excluding carboxylic acids is 1. The highest BCUT2D eigenvalue weighted by Crippen LogP contribution is 2.48. The molecule has 0 spiro atoms.